The Labute approximate surface area is 195 Å². The lowest BCUT2D eigenvalue weighted by Crippen LogP contribution is -2.35. The fraction of sp³-hybridized carbons (Fsp3) is 0.560. The summed E-state index contributed by atoms with van der Waals surface area (Å²) in [5.41, 5.74) is -0.280. The Bertz CT molecular complexity index is 1040. The number of aryl methyl sites for hydroxylation is 1. The van der Waals surface area contributed by atoms with Gasteiger partial charge in [0.25, 0.3) is 0 Å². The van der Waals surface area contributed by atoms with E-state index in [1.165, 1.54) is 4.90 Å². The van der Waals surface area contributed by atoms with Crippen LogP contribution in [0, 0.1) is 6.92 Å². The fourth-order valence-electron chi connectivity index (χ4n) is 5.42. The van der Waals surface area contributed by atoms with E-state index < -0.39 is 23.5 Å². The zero-order valence-electron chi connectivity index (χ0n) is 19.5. The molecule has 0 spiro atoms. The van der Waals surface area contributed by atoms with Crippen LogP contribution in [0.15, 0.2) is 24.3 Å². The van der Waals surface area contributed by atoms with Gasteiger partial charge < -0.3 is 9.80 Å². The highest BCUT2D eigenvalue weighted by molar-refractivity contribution is 5.77. The van der Waals surface area contributed by atoms with Gasteiger partial charge in [-0.2, -0.15) is 26.3 Å². The van der Waals surface area contributed by atoms with Gasteiger partial charge in [0.15, 0.2) is 0 Å². The first kappa shape index (κ1) is 24.7. The number of benzene rings is 1. The van der Waals surface area contributed by atoms with Crippen LogP contribution < -0.4 is 9.80 Å². The van der Waals surface area contributed by atoms with Gasteiger partial charge in [0, 0.05) is 42.0 Å². The number of hydrogen-bond donors (Lipinski definition) is 0. The Kier molecular flexibility index (Phi) is 6.50. The Balaban J connectivity index is 1.84. The van der Waals surface area contributed by atoms with E-state index >= 15 is 0 Å². The number of halogens is 6. The smallest absolute Gasteiger partial charge is 0.368 e. The first-order valence-electron chi connectivity index (χ1n) is 11.8. The molecular weight excluding hydrogens is 456 g/mol. The van der Waals surface area contributed by atoms with Gasteiger partial charge in [0.05, 0.1) is 16.8 Å². The number of rotatable bonds is 6. The summed E-state index contributed by atoms with van der Waals surface area (Å²) in [5, 5.41) is 0. The van der Waals surface area contributed by atoms with Gasteiger partial charge in [-0.15, -0.1) is 0 Å². The number of nitrogens with zero attached hydrogens (tertiary/aromatic N) is 3. The average molecular weight is 486 g/mol. The van der Waals surface area contributed by atoms with Gasteiger partial charge in [0.1, 0.15) is 5.82 Å². The van der Waals surface area contributed by atoms with Crippen molar-refractivity contribution >= 4 is 17.2 Å². The predicted octanol–water partition coefficient (Wildman–Crippen LogP) is 7.84. The first-order valence-corrected chi connectivity index (χ1v) is 11.8. The molecule has 0 radical (unpaired) electrons. The van der Waals surface area contributed by atoms with E-state index in [1.54, 1.807) is 6.92 Å². The summed E-state index contributed by atoms with van der Waals surface area (Å²) in [5.74, 6) is 0.583. The van der Waals surface area contributed by atoms with Crippen LogP contribution in [0.4, 0.5) is 43.5 Å². The number of anilines is 3. The summed E-state index contributed by atoms with van der Waals surface area (Å²) < 4.78 is 81.3. The van der Waals surface area contributed by atoms with Gasteiger partial charge >= 0.3 is 12.4 Å². The Morgan fingerprint density at radius 3 is 2.24 bits per heavy atom. The molecule has 186 valence electrons. The zero-order valence-corrected chi connectivity index (χ0v) is 19.5. The molecule has 0 saturated heterocycles. The molecule has 0 amide bonds. The maximum Gasteiger partial charge on any atom is 0.418 e. The van der Waals surface area contributed by atoms with Crippen LogP contribution in [0.25, 0.3) is 0 Å². The summed E-state index contributed by atoms with van der Waals surface area (Å²) in [6.07, 6.45) is -5.06. The summed E-state index contributed by atoms with van der Waals surface area (Å²) in [7, 11) is 0. The lowest BCUT2D eigenvalue weighted by Gasteiger charge is -2.34. The van der Waals surface area contributed by atoms with E-state index in [0.29, 0.717) is 24.0 Å². The van der Waals surface area contributed by atoms with E-state index in [0.717, 1.165) is 55.6 Å². The fourth-order valence-corrected chi connectivity index (χ4v) is 5.42. The summed E-state index contributed by atoms with van der Waals surface area (Å²) in [6.45, 7) is 7.15. The molecule has 1 aromatic heterocycles. The summed E-state index contributed by atoms with van der Waals surface area (Å²) >= 11 is 0. The number of aromatic nitrogens is 1. The molecular formula is C25H29F6N3. The van der Waals surface area contributed by atoms with E-state index in [9.17, 15) is 26.3 Å². The third kappa shape index (κ3) is 4.45. The first-order chi connectivity index (χ1) is 16.0. The molecule has 34 heavy (non-hydrogen) atoms. The van der Waals surface area contributed by atoms with Gasteiger partial charge in [0.2, 0.25) is 0 Å². The lowest BCUT2D eigenvalue weighted by molar-refractivity contribution is -0.142. The second-order valence-electron chi connectivity index (χ2n) is 9.27. The van der Waals surface area contributed by atoms with Crippen LogP contribution in [-0.2, 0) is 12.4 Å². The molecule has 1 atom stereocenters. The van der Waals surface area contributed by atoms with Crippen LogP contribution in [0.3, 0.4) is 0 Å². The Morgan fingerprint density at radius 1 is 0.971 bits per heavy atom. The van der Waals surface area contributed by atoms with Crippen molar-refractivity contribution in [2.45, 2.75) is 77.2 Å². The van der Waals surface area contributed by atoms with E-state index in [1.807, 2.05) is 6.07 Å². The second kappa shape index (κ2) is 8.96. The molecule has 0 aliphatic carbocycles. The summed E-state index contributed by atoms with van der Waals surface area (Å²) in [6, 6.07) is 4.21. The quantitative estimate of drug-likeness (QED) is 0.389. The molecule has 3 heterocycles. The van der Waals surface area contributed by atoms with Crippen molar-refractivity contribution < 1.29 is 26.3 Å². The third-order valence-corrected chi connectivity index (χ3v) is 6.84. The molecule has 2 aliphatic heterocycles. The minimum Gasteiger partial charge on any atom is -0.368 e. The highest BCUT2D eigenvalue weighted by Crippen LogP contribution is 2.51. The number of hydrogen-bond acceptors (Lipinski definition) is 3. The standard InChI is InChI=1S/C25H29F6N3/c1-4-6-18(7-5-2)34-14-16-10-11-33(23-22(16)21(34)12-15(3)32-23)20-9-8-17(24(26,27)28)13-19(20)25(29,30)31/h8-9,12-13,16,18H,4-7,10-11,14H2,1-3H3. The zero-order chi connectivity index (χ0) is 24.8. The Hall–Kier alpha value is -2.45. The SMILES string of the molecule is CCCC(CCC)N1CC2CCN(c3ccc(C(F)(F)F)cc3C(F)(F)F)c3nc(C)cc1c32. The van der Waals surface area contributed by atoms with Crippen LogP contribution in [0.2, 0.25) is 0 Å². The highest BCUT2D eigenvalue weighted by atomic mass is 19.4. The largest absolute Gasteiger partial charge is 0.418 e. The molecule has 1 aromatic carbocycles. The minimum absolute atomic E-state index is 0.148. The van der Waals surface area contributed by atoms with Crippen molar-refractivity contribution in [3.63, 3.8) is 0 Å². The van der Waals surface area contributed by atoms with Gasteiger partial charge in [-0.3, -0.25) is 0 Å². The molecule has 4 rings (SSSR count). The van der Waals surface area contributed by atoms with Crippen molar-refractivity contribution in [2.24, 2.45) is 0 Å². The van der Waals surface area contributed by atoms with Gasteiger partial charge in [-0.1, -0.05) is 26.7 Å². The highest BCUT2D eigenvalue weighted by Gasteiger charge is 2.43. The topological polar surface area (TPSA) is 19.4 Å². The molecule has 0 fully saturated rings. The van der Waals surface area contributed by atoms with Gasteiger partial charge in [-0.05, 0) is 50.5 Å². The molecule has 0 bridgehead atoms. The molecule has 3 nitrogen and oxygen atoms in total. The Morgan fingerprint density at radius 2 is 1.65 bits per heavy atom. The number of alkyl halides is 6. The molecule has 2 aromatic rings. The van der Waals surface area contributed by atoms with Crippen LogP contribution in [0.1, 0.15) is 74.3 Å². The molecule has 0 N–H and O–H groups in total. The van der Waals surface area contributed by atoms with E-state index in [2.05, 4.69) is 23.7 Å². The maximum atomic E-state index is 13.9. The maximum absolute atomic E-state index is 13.9. The van der Waals surface area contributed by atoms with Crippen molar-refractivity contribution in [1.29, 1.82) is 0 Å². The van der Waals surface area contributed by atoms with Crippen molar-refractivity contribution in [3.8, 4) is 0 Å². The third-order valence-electron chi connectivity index (χ3n) is 6.84. The molecule has 0 saturated carbocycles. The van der Waals surface area contributed by atoms with Crippen molar-refractivity contribution in [1.82, 2.24) is 4.98 Å². The van der Waals surface area contributed by atoms with Crippen molar-refractivity contribution in [3.05, 3.63) is 46.6 Å². The summed E-state index contributed by atoms with van der Waals surface area (Å²) in [4.78, 5) is 8.46. The van der Waals surface area contributed by atoms with Crippen molar-refractivity contribution in [2.75, 3.05) is 22.9 Å². The lowest BCUT2D eigenvalue weighted by atomic mass is 9.92. The van der Waals surface area contributed by atoms with E-state index in [4.69, 9.17) is 0 Å². The van der Waals surface area contributed by atoms with Gasteiger partial charge in [-0.25, -0.2) is 4.98 Å². The van der Waals surface area contributed by atoms with Crippen LogP contribution in [-0.4, -0.2) is 24.1 Å². The molecule has 9 heteroatoms. The molecule has 1 unspecified atom stereocenters. The monoisotopic (exact) mass is 485 g/mol. The normalized spacial score (nSPS) is 18.1. The van der Waals surface area contributed by atoms with Crippen LogP contribution >= 0.6 is 0 Å². The van der Waals surface area contributed by atoms with Crippen LogP contribution in [0.5, 0.6) is 0 Å². The second-order valence-corrected chi connectivity index (χ2v) is 9.27. The number of pyridine rings is 1. The minimum atomic E-state index is -4.93. The van der Waals surface area contributed by atoms with E-state index in [-0.39, 0.29) is 24.2 Å². The average Bonchev–Trinajstić information content (AvgIpc) is 3.11. The predicted molar refractivity (Wildman–Crippen MR) is 121 cm³/mol. The molecule has 2 aliphatic rings.